The number of benzene rings is 2. The molecule has 2 aliphatic heterocycles. The van der Waals surface area contributed by atoms with E-state index in [1.807, 2.05) is 22.8 Å². The molecule has 0 unspecified atom stereocenters. The normalized spacial score (nSPS) is 14.8. The van der Waals surface area contributed by atoms with E-state index < -0.39 is 4.92 Å². The van der Waals surface area contributed by atoms with Crippen LogP contribution in [-0.4, -0.2) is 57.4 Å². The molecule has 2 aliphatic rings. The number of hydrogen-bond donors (Lipinski definition) is 2. The molecular formula is C24H24N8O4. The van der Waals surface area contributed by atoms with Gasteiger partial charge in [-0.3, -0.25) is 10.1 Å². The van der Waals surface area contributed by atoms with E-state index in [2.05, 4.69) is 20.5 Å². The van der Waals surface area contributed by atoms with Crippen LogP contribution in [0, 0.1) is 10.1 Å². The molecule has 2 aromatic carbocycles. The van der Waals surface area contributed by atoms with Crippen molar-refractivity contribution in [2.75, 3.05) is 43.2 Å². The SMILES string of the molecule is O=[N+]([O-])c1ccc(Cn2cnc3c(NCc4ccc5c(c4)OCO5)nc(N4CCNCC4)nc32)cc1. The number of imidazole rings is 1. The Hall–Kier alpha value is -4.45. The Labute approximate surface area is 206 Å². The van der Waals surface area contributed by atoms with Crippen LogP contribution in [0.3, 0.4) is 0 Å². The lowest BCUT2D eigenvalue weighted by atomic mass is 10.2. The first-order valence-corrected chi connectivity index (χ1v) is 11.7. The highest BCUT2D eigenvalue weighted by atomic mass is 16.7. The number of piperazine rings is 1. The van der Waals surface area contributed by atoms with E-state index in [1.54, 1.807) is 18.5 Å². The Morgan fingerprint density at radius 3 is 2.61 bits per heavy atom. The summed E-state index contributed by atoms with van der Waals surface area (Å²) in [6, 6.07) is 12.4. The number of fused-ring (bicyclic) bond motifs is 2. The molecule has 184 valence electrons. The van der Waals surface area contributed by atoms with Crippen molar-refractivity contribution in [1.29, 1.82) is 0 Å². The third kappa shape index (κ3) is 4.33. The van der Waals surface area contributed by atoms with Crippen LogP contribution in [0.4, 0.5) is 17.5 Å². The van der Waals surface area contributed by atoms with Crippen molar-refractivity contribution in [2.24, 2.45) is 0 Å². The average molecular weight is 489 g/mol. The number of nitro groups is 1. The number of aromatic nitrogens is 4. The van der Waals surface area contributed by atoms with Crippen LogP contribution in [0.1, 0.15) is 11.1 Å². The predicted octanol–water partition coefficient (Wildman–Crippen LogP) is 2.53. The van der Waals surface area contributed by atoms with Gasteiger partial charge in [0.05, 0.1) is 17.8 Å². The Kier molecular flexibility index (Phi) is 5.70. The van der Waals surface area contributed by atoms with Gasteiger partial charge >= 0.3 is 0 Å². The van der Waals surface area contributed by atoms with Gasteiger partial charge in [-0.2, -0.15) is 9.97 Å². The third-order valence-electron chi connectivity index (χ3n) is 6.25. The molecule has 1 fully saturated rings. The summed E-state index contributed by atoms with van der Waals surface area (Å²) in [4.78, 5) is 27.1. The van der Waals surface area contributed by atoms with Crippen LogP contribution in [-0.2, 0) is 13.1 Å². The van der Waals surface area contributed by atoms with Gasteiger partial charge in [0.1, 0.15) is 0 Å². The summed E-state index contributed by atoms with van der Waals surface area (Å²) < 4.78 is 12.8. The van der Waals surface area contributed by atoms with Crippen molar-refractivity contribution in [2.45, 2.75) is 13.1 Å². The van der Waals surface area contributed by atoms with Gasteiger partial charge in [0, 0.05) is 44.9 Å². The van der Waals surface area contributed by atoms with Gasteiger partial charge in [-0.05, 0) is 23.3 Å². The molecule has 12 heteroatoms. The van der Waals surface area contributed by atoms with Gasteiger partial charge in [-0.15, -0.1) is 0 Å². The van der Waals surface area contributed by atoms with Crippen molar-refractivity contribution >= 4 is 28.6 Å². The summed E-state index contributed by atoms with van der Waals surface area (Å²) in [6.45, 7) is 4.59. The number of non-ortho nitro benzene ring substituents is 1. The summed E-state index contributed by atoms with van der Waals surface area (Å²) in [5.41, 5.74) is 3.37. The first-order chi connectivity index (χ1) is 17.6. The summed E-state index contributed by atoms with van der Waals surface area (Å²) in [6.07, 6.45) is 1.73. The Morgan fingerprint density at radius 1 is 1.03 bits per heavy atom. The highest BCUT2D eigenvalue weighted by Crippen LogP contribution is 2.33. The molecule has 4 heterocycles. The second-order valence-corrected chi connectivity index (χ2v) is 8.62. The molecule has 12 nitrogen and oxygen atoms in total. The second kappa shape index (κ2) is 9.30. The van der Waals surface area contributed by atoms with E-state index in [0.29, 0.717) is 36.0 Å². The lowest BCUT2D eigenvalue weighted by Gasteiger charge is -2.27. The summed E-state index contributed by atoms with van der Waals surface area (Å²) in [5, 5.41) is 17.8. The molecule has 2 N–H and O–H groups in total. The molecule has 0 aliphatic carbocycles. The largest absolute Gasteiger partial charge is 0.454 e. The molecule has 0 bridgehead atoms. The maximum absolute atomic E-state index is 11.0. The fraction of sp³-hybridized carbons (Fsp3) is 0.292. The van der Waals surface area contributed by atoms with Crippen LogP contribution < -0.4 is 25.0 Å². The maximum Gasteiger partial charge on any atom is 0.269 e. The van der Waals surface area contributed by atoms with Gasteiger partial charge < -0.3 is 29.6 Å². The number of anilines is 2. The molecule has 36 heavy (non-hydrogen) atoms. The van der Waals surface area contributed by atoms with Crippen LogP contribution in [0.25, 0.3) is 11.2 Å². The first kappa shape index (κ1) is 22.0. The van der Waals surface area contributed by atoms with E-state index in [-0.39, 0.29) is 12.5 Å². The Morgan fingerprint density at radius 2 is 1.81 bits per heavy atom. The molecular weight excluding hydrogens is 464 g/mol. The fourth-order valence-corrected chi connectivity index (χ4v) is 4.33. The molecule has 6 rings (SSSR count). The predicted molar refractivity (Wildman–Crippen MR) is 132 cm³/mol. The fourth-order valence-electron chi connectivity index (χ4n) is 4.33. The second-order valence-electron chi connectivity index (χ2n) is 8.62. The van der Waals surface area contributed by atoms with Crippen molar-refractivity contribution in [1.82, 2.24) is 24.8 Å². The minimum absolute atomic E-state index is 0.0626. The summed E-state index contributed by atoms with van der Waals surface area (Å²) >= 11 is 0. The third-order valence-corrected chi connectivity index (χ3v) is 6.25. The van der Waals surface area contributed by atoms with Gasteiger partial charge in [-0.25, -0.2) is 4.98 Å². The van der Waals surface area contributed by atoms with E-state index >= 15 is 0 Å². The maximum atomic E-state index is 11.0. The summed E-state index contributed by atoms with van der Waals surface area (Å²) in [5.74, 6) is 2.77. The van der Waals surface area contributed by atoms with E-state index in [1.165, 1.54) is 12.1 Å². The number of nitrogens with zero attached hydrogens (tertiary/aromatic N) is 6. The Bertz CT molecular complexity index is 1420. The molecule has 4 aromatic rings. The molecule has 0 radical (unpaired) electrons. The van der Waals surface area contributed by atoms with Crippen LogP contribution in [0.2, 0.25) is 0 Å². The van der Waals surface area contributed by atoms with Gasteiger partial charge in [0.2, 0.25) is 12.7 Å². The number of nitrogens with one attached hydrogen (secondary N) is 2. The lowest BCUT2D eigenvalue weighted by Crippen LogP contribution is -2.44. The molecule has 0 amide bonds. The zero-order valence-electron chi connectivity index (χ0n) is 19.4. The van der Waals surface area contributed by atoms with Crippen LogP contribution in [0.5, 0.6) is 11.5 Å². The van der Waals surface area contributed by atoms with Gasteiger partial charge in [-0.1, -0.05) is 18.2 Å². The number of rotatable bonds is 7. The van der Waals surface area contributed by atoms with Crippen molar-refractivity contribution < 1.29 is 14.4 Å². The van der Waals surface area contributed by atoms with Crippen LogP contribution in [0.15, 0.2) is 48.8 Å². The monoisotopic (exact) mass is 488 g/mol. The molecule has 0 atom stereocenters. The zero-order valence-corrected chi connectivity index (χ0v) is 19.4. The van der Waals surface area contributed by atoms with Crippen molar-refractivity contribution in [3.63, 3.8) is 0 Å². The highest BCUT2D eigenvalue weighted by molar-refractivity contribution is 5.84. The lowest BCUT2D eigenvalue weighted by molar-refractivity contribution is -0.384. The number of ether oxygens (including phenoxy) is 2. The van der Waals surface area contributed by atoms with E-state index in [0.717, 1.165) is 48.8 Å². The van der Waals surface area contributed by atoms with E-state index in [9.17, 15) is 10.1 Å². The first-order valence-electron chi connectivity index (χ1n) is 11.7. The average Bonchev–Trinajstić information content (AvgIpc) is 3.55. The highest BCUT2D eigenvalue weighted by Gasteiger charge is 2.20. The van der Waals surface area contributed by atoms with Crippen molar-refractivity contribution in [3.8, 4) is 11.5 Å². The molecule has 0 spiro atoms. The smallest absolute Gasteiger partial charge is 0.269 e. The van der Waals surface area contributed by atoms with E-state index in [4.69, 9.17) is 19.4 Å². The minimum atomic E-state index is -0.401. The molecule has 1 saturated heterocycles. The topological polar surface area (TPSA) is 132 Å². The molecule has 2 aromatic heterocycles. The number of hydrogen-bond acceptors (Lipinski definition) is 10. The van der Waals surface area contributed by atoms with Gasteiger partial charge in [0.25, 0.3) is 5.69 Å². The number of nitro benzene ring substituents is 1. The molecule has 0 saturated carbocycles. The minimum Gasteiger partial charge on any atom is -0.454 e. The van der Waals surface area contributed by atoms with Crippen molar-refractivity contribution in [3.05, 3.63) is 70.0 Å². The zero-order chi connectivity index (χ0) is 24.5. The quantitative estimate of drug-likeness (QED) is 0.295. The van der Waals surface area contributed by atoms with Gasteiger partial charge in [0.15, 0.2) is 28.5 Å². The summed E-state index contributed by atoms with van der Waals surface area (Å²) in [7, 11) is 0. The van der Waals surface area contributed by atoms with Crippen LogP contribution >= 0.6 is 0 Å². The Balaban J connectivity index is 1.32. The standard InChI is InChI=1S/C24H24N8O4/c33-32(34)18-4-1-16(2-5-18)13-31-14-27-21-22(26-12-17-3-6-19-20(11-17)36-15-35-19)28-24(29-23(21)31)30-9-7-25-8-10-30/h1-6,11,14,25H,7-10,12-13,15H2,(H,26,28,29).